The highest BCUT2D eigenvalue weighted by Gasteiger charge is 2.36. The second kappa shape index (κ2) is 7.22. The van der Waals surface area contributed by atoms with Crippen molar-refractivity contribution in [2.75, 3.05) is 44.2 Å². The Labute approximate surface area is 157 Å². The van der Waals surface area contributed by atoms with Crippen molar-refractivity contribution < 1.29 is 22.7 Å². The number of halogens is 3. The molecule has 0 N–H and O–H groups in total. The zero-order valence-electron chi connectivity index (χ0n) is 15.9. The molecule has 8 heteroatoms. The molecule has 1 unspecified atom stereocenters. The van der Waals surface area contributed by atoms with Crippen LogP contribution in [0, 0.1) is 0 Å². The molecule has 1 aromatic carbocycles. The average Bonchev–Trinajstić information content (AvgIpc) is 2.58. The van der Waals surface area contributed by atoms with E-state index in [1.807, 2.05) is 20.8 Å². The van der Waals surface area contributed by atoms with Gasteiger partial charge in [-0.05, 0) is 45.0 Å². The van der Waals surface area contributed by atoms with Crippen molar-refractivity contribution in [3.63, 3.8) is 0 Å². The number of ether oxygens (including phenoxy) is 1. The molecule has 5 nitrogen and oxygen atoms in total. The van der Waals surface area contributed by atoms with Crippen LogP contribution in [0.5, 0.6) is 0 Å². The van der Waals surface area contributed by atoms with Crippen molar-refractivity contribution in [3.05, 3.63) is 29.8 Å². The predicted octanol–water partition coefficient (Wildman–Crippen LogP) is 3.45. The highest BCUT2D eigenvalue weighted by molar-refractivity contribution is 5.68. The molecule has 1 amide bonds. The molecule has 2 aliphatic rings. The molecule has 0 saturated carbocycles. The van der Waals surface area contributed by atoms with Crippen LogP contribution in [0.2, 0.25) is 0 Å². The number of anilines is 1. The maximum absolute atomic E-state index is 12.7. The van der Waals surface area contributed by atoms with Gasteiger partial charge in [0.25, 0.3) is 0 Å². The zero-order chi connectivity index (χ0) is 19.8. The highest BCUT2D eigenvalue weighted by atomic mass is 19.4. The Morgan fingerprint density at radius 2 is 1.63 bits per heavy atom. The molecule has 0 spiro atoms. The third-order valence-electron chi connectivity index (χ3n) is 4.90. The number of rotatable bonds is 1. The van der Waals surface area contributed by atoms with Crippen LogP contribution in [-0.2, 0) is 10.9 Å². The highest BCUT2D eigenvalue weighted by Crippen LogP contribution is 2.31. The normalized spacial score (nSPS) is 21.8. The summed E-state index contributed by atoms with van der Waals surface area (Å²) in [6, 6.07) is 5.42. The van der Waals surface area contributed by atoms with E-state index in [1.54, 1.807) is 4.90 Å². The topological polar surface area (TPSA) is 36.0 Å². The summed E-state index contributed by atoms with van der Waals surface area (Å²) < 4.78 is 43.7. The van der Waals surface area contributed by atoms with E-state index in [0.717, 1.165) is 37.5 Å². The SMILES string of the molecule is CC(C)(C)OC(=O)N1CCN2CCN(c3ccc(C(F)(F)F)cc3)CC2C1. The van der Waals surface area contributed by atoms with Crippen molar-refractivity contribution in [3.8, 4) is 0 Å². The van der Waals surface area contributed by atoms with E-state index < -0.39 is 17.3 Å². The van der Waals surface area contributed by atoms with Crippen LogP contribution < -0.4 is 4.90 Å². The number of nitrogens with zero attached hydrogens (tertiary/aromatic N) is 3. The van der Waals surface area contributed by atoms with E-state index in [4.69, 9.17) is 4.74 Å². The number of carbonyl (C=O) groups excluding carboxylic acids is 1. The Hall–Kier alpha value is -1.96. The van der Waals surface area contributed by atoms with Crippen LogP contribution in [0.15, 0.2) is 24.3 Å². The smallest absolute Gasteiger partial charge is 0.416 e. The number of amides is 1. The fourth-order valence-electron chi connectivity index (χ4n) is 3.54. The van der Waals surface area contributed by atoms with Crippen molar-refractivity contribution in [1.29, 1.82) is 0 Å². The molecule has 0 aromatic heterocycles. The van der Waals surface area contributed by atoms with Gasteiger partial charge in [-0.2, -0.15) is 13.2 Å². The number of alkyl halides is 3. The summed E-state index contributed by atoms with van der Waals surface area (Å²) >= 11 is 0. The molecule has 2 heterocycles. The molecule has 0 aliphatic carbocycles. The summed E-state index contributed by atoms with van der Waals surface area (Å²) in [4.78, 5) is 18.5. The number of benzene rings is 1. The first kappa shape index (κ1) is 19.8. The lowest BCUT2D eigenvalue weighted by atomic mass is 10.1. The monoisotopic (exact) mass is 385 g/mol. The van der Waals surface area contributed by atoms with Gasteiger partial charge in [-0.15, -0.1) is 0 Å². The molecule has 2 saturated heterocycles. The van der Waals surface area contributed by atoms with Crippen LogP contribution in [0.3, 0.4) is 0 Å². The number of carbonyl (C=O) groups is 1. The molecule has 0 bridgehead atoms. The summed E-state index contributed by atoms with van der Waals surface area (Å²) in [5.41, 5.74) is -0.400. The van der Waals surface area contributed by atoms with E-state index in [1.165, 1.54) is 12.1 Å². The summed E-state index contributed by atoms with van der Waals surface area (Å²) in [7, 11) is 0. The lowest BCUT2D eigenvalue weighted by molar-refractivity contribution is -0.137. The van der Waals surface area contributed by atoms with Gasteiger partial charge in [0.2, 0.25) is 0 Å². The molecule has 150 valence electrons. The predicted molar refractivity (Wildman–Crippen MR) is 96.8 cm³/mol. The summed E-state index contributed by atoms with van der Waals surface area (Å²) in [6.07, 6.45) is -4.64. The number of fused-ring (bicyclic) bond motifs is 1. The summed E-state index contributed by atoms with van der Waals surface area (Å²) in [5, 5.41) is 0. The van der Waals surface area contributed by atoms with Gasteiger partial charge in [0.15, 0.2) is 0 Å². The first-order valence-electron chi connectivity index (χ1n) is 9.17. The average molecular weight is 385 g/mol. The fraction of sp³-hybridized carbons (Fsp3) is 0.632. The summed E-state index contributed by atoms with van der Waals surface area (Å²) in [5.74, 6) is 0. The lowest BCUT2D eigenvalue weighted by Gasteiger charge is -2.47. The standard InChI is InChI=1S/C19H26F3N3O2/c1-18(2,3)27-17(26)25-11-9-23-8-10-24(12-16(23)13-25)15-6-4-14(5-7-15)19(20,21)22/h4-7,16H,8-13H2,1-3H3. The maximum Gasteiger partial charge on any atom is 0.416 e. The molecule has 2 fully saturated rings. The van der Waals surface area contributed by atoms with Crippen molar-refractivity contribution in [2.45, 2.75) is 38.6 Å². The number of piperazine rings is 2. The Morgan fingerprint density at radius 3 is 2.22 bits per heavy atom. The van der Waals surface area contributed by atoms with Gasteiger partial charge in [0.05, 0.1) is 5.56 Å². The fourth-order valence-corrected chi connectivity index (χ4v) is 3.54. The van der Waals surface area contributed by atoms with Crippen LogP contribution in [-0.4, -0.2) is 66.8 Å². The van der Waals surface area contributed by atoms with Gasteiger partial charge in [-0.1, -0.05) is 0 Å². The van der Waals surface area contributed by atoms with Crippen LogP contribution in [0.25, 0.3) is 0 Å². The number of hydrogen-bond donors (Lipinski definition) is 0. The third kappa shape index (κ3) is 4.86. The van der Waals surface area contributed by atoms with Gasteiger partial charge in [0, 0.05) is 51.0 Å². The molecular weight excluding hydrogens is 359 g/mol. The van der Waals surface area contributed by atoms with E-state index in [2.05, 4.69) is 9.80 Å². The number of hydrogen-bond acceptors (Lipinski definition) is 4. The first-order chi connectivity index (χ1) is 12.5. The first-order valence-corrected chi connectivity index (χ1v) is 9.17. The quantitative estimate of drug-likeness (QED) is 0.742. The minimum atomic E-state index is -4.32. The summed E-state index contributed by atoms with van der Waals surface area (Å²) in [6.45, 7) is 9.76. The van der Waals surface area contributed by atoms with Gasteiger partial charge in [-0.3, -0.25) is 4.90 Å². The van der Waals surface area contributed by atoms with Crippen molar-refractivity contribution in [1.82, 2.24) is 9.80 Å². The van der Waals surface area contributed by atoms with Crippen LogP contribution in [0.1, 0.15) is 26.3 Å². The minimum absolute atomic E-state index is 0.141. The van der Waals surface area contributed by atoms with E-state index in [0.29, 0.717) is 19.6 Å². The van der Waals surface area contributed by atoms with Gasteiger partial charge < -0.3 is 14.5 Å². The molecule has 0 radical (unpaired) electrons. The lowest BCUT2D eigenvalue weighted by Crippen LogP contribution is -2.63. The van der Waals surface area contributed by atoms with Crippen LogP contribution >= 0.6 is 0 Å². The van der Waals surface area contributed by atoms with Crippen molar-refractivity contribution >= 4 is 11.8 Å². The third-order valence-corrected chi connectivity index (χ3v) is 4.90. The Bertz CT molecular complexity index is 670. The minimum Gasteiger partial charge on any atom is -0.444 e. The van der Waals surface area contributed by atoms with Crippen molar-refractivity contribution in [2.24, 2.45) is 0 Å². The Morgan fingerprint density at radius 1 is 1.00 bits per heavy atom. The van der Waals surface area contributed by atoms with E-state index in [-0.39, 0.29) is 12.1 Å². The van der Waals surface area contributed by atoms with Gasteiger partial charge >= 0.3 is 12.3 Å². The van der Waals surface area contributed by atoms with Gasteiger partial charge in [0.1, 0.15) is 5.60 Å². The molecule has 27 heavy (non-hydrogen) atoms. The maximum atomic E-state index is 12.7. The van der Waals surface area contributed by atoms with Crippen LogP contribution in [0.4, 0.5) is 23.7 Å². The molecular formula is C19H26F3N3O2. The molecule has 2 aliphatic heterocycles. The molecule has 1 aromatic rings. The molecule has 3 rings (SSSR count). The molecule has 1 atom stereocenters. The second-order valence-electron chi connectivity index (χ2n) is 8.11. The Balaban J connectivity index is 1.64. The van der Waals surface area contributed by atoms with Gasteiger partial charge in [-0.25, -0.2) is 4.79 Å². The van der Waals surface area contributed by atoms with E-state index in [9.17, 15) is 18.0 Å². The zero-order valence-corrected chi connectivity index (χ0v) is 15.9. The second-order valence-corrected chi connectivity index (χ2v) is 8.11. The van der Waals surface area contributed by atoms with E-state index >= 15 is 0 Å². The largest absolute Gasteiger partial charge is 0.444 e. The Kier molecular flexibility index (Phi) is 5.29.